The highest BCUT2D eigenvalue weighted by Crippen LogP contribution is 2.34. The van der Waals surface area contributed by atoms with Crippen LogP contribution >= 0.6 is 11.6 Å². The fourth-order valence-corrected chi connectivity index (χ4v) is 4.85. The molecule has 1 aliphatic carbocycles. The van der Waals surface area contributed by atoms with Crippen LogP contribution in [0.4, 0.5) is 24.8 Å². The minimum atomic E-state index is -4.37. The van der Waals surface area contributed by atoms with Crippen LogP contribution in [-0.2, 0) is 25.4 Å². The van der Waals surface area contributed by atoms with Crippen LogP contribution < -0.4 is 9.80 Å². The molecule has 3 aromatic rings. The molecule has 0 amide bonds. The van der Waals surface area contributed by atoms with E-state index in [1.54, 1.807) is 0 Å². The van der Waals surface area contributed by atoms with Crippen molar-refractivity contribution in [3.8, 4) is 0 Å². The second-order valence-corrected chi connectivity index (χ2v) is 8.83. The van der Waals surface area contributed by atoms with Gasteiger partial charge in [0.1, 0.15) is 5.82 Å². The number of hydrogen-bond donors (Lipinski definition) is 0. The fraction of sp³-hybridized carbons (Fsp3) is 0.375. The summed E-state index contributed by atoms with van der Waals surface area (Å²) >= 11 is 6.35. The third kappa shape index (κ3) is 4.49. The number of alkyl halides is 3. The van der Waals surface area contributed by atoms with Gasteiger partial charge in [-0.05, 0) is 48.6 Å². The Balaban J connectivity index is 1.30. The quantitative estimate of drug-likeness (QED) is 0.536. The van der Waals surface area contributed by atoms with E-state index in [2.05, 4.69) is 20.1 Å². The molecular weight excluding hydrogens is 451 g/mol. The number of piperazine rings is 1. The average molecular weight is 474 g/mol. The minimum absolute atomic E-state index is 0.564. The lowest BCUT2D eigenvalue weighted by Gasteiger charge is -2.36. The van der Waals surface area contributed by atoms with E-state index in [4.69, 9.17) is 11.6 Å². The first-order valence-corrected chi connectivity index (χ1v) is 11.4. The molecule has 1 aromatic carbocycles. The van der Waals surface area contributed by atoms with Crippen LogP contribution in [0.15, 0.2) is 42.6 Å². The number of hydrogen-bond acceptors (Lipinski definition) is 5. The van der Waals surface area contributed by atoms with Crippen LogP contribution in [0.5, 0.6) is 0 Å². The van der Waals surface area contributed by atoms with E-state index >= 15 is 0 Å². The second kappa shape index (κ2) is 8.82. The van der Waals surface area contributed by atoms with Crippen LogP contribution in [0, 0.1) is 0 Å². The maximum Gasteiger partial charge on any atom is 0.417 e. The van der Waals surface area contributed by atoms with E-state index in [9.17, 15) is 13.2 Å². The average Bonchev–Trinajstić information content (AvgIpc) is 3.31. The predicted molar refractivity (Wildman–Crippen MR) is 122 cm³/mol. The van der Waals surface area contributed by atoms with Crippen molar-refractivity contribution in [3.63, 3.8) is 0 Å². The Morgan fingerprint density at radius 1 is 0.879 bits per heavy atom. The molecule has 3 heterocycles. The van der Waals surface area contributed by atoms with Gasteiger partial charge in [0.25, 0.3) is 0 Å². The zero-order valence-electron chi connectivity index (χ0n) is 17.9. The van der Waals surface area contributed by atoms with Gasteiger partial charge in [-0.25, -0.2) is 4.98 Å². The van der Waals surface area contributed by atoms with Gasteiger partial charge in [0.15, 0.2) is 5.82 Å². The molecular formula is C24H23ClF3N5. The molecule has 1 fully saturated rings. The number of fused-ring (bicyclic) bond motifs is 1. The van der Waals surface area contributed by atoms with E-state index in [-0.39, 0.29) is 0 Å². The molecule has 0 spiro atoms. The summed E-state index contributed by atoms with van der Waals surface area (Å²) in [5, 5.41) is 9.94. The molecule has 5 rings (SSSR count). The van der Waals surface area contributed by atoms with Crippen molar-refractivity contribution in [2.45, 2.75) is 31.9 Å². The molecule has 1 saturated heterocycles. The Morgan fingerprint density at radius 3 is 2.30 bits per heavy atom. The number of halogens is 4. The molecule has 0 atom stereocenters. The van der Waals surface area contributed by atoms with E-state index in [1.165, 1.54) is 17.2 Å². The standard InChI is InChI=1S/C24H23ClF3N5/c25-20-7-2-1-4-16(20)14-21-18-5-3-6-19(18)23(31-30-21)33-12-10-32(11-13-33)22-9-8-17(15-29-22)24(26,27)28/h1-2,4,7-9,15H,3,5-6,10-14H2. The van der Waals surface area contributed by atoms with E-state index in [0.29, 0.717) is 38.4 Å². The summed E-state index contributed by atoms with van der Waals surface area (Å²) < 4.78 is 38.4. The molecule has 5 nitrogen and oxygen atoms in total. The Morgan fingerprint density at radius 2 is 1.61 bits per heavy atom. The first-order chi connectivity index (χ1) is 15.9. The van der Waals surface area contributed by atoms with E-state index in [1.807, 2.05) is 29.2 Å². The summed E-state index contributed by atoms with van der Waals surface area (Å²) in [4.78, 5) is 8.27. The number of benzene rings is 1. The van der Waals surface area contributed by atoms with Gasteiger partial charge >= 0.3 is 6.18 Å². The second-order valence-electron chi connectivity index (χ2n) is 8.43. The van der Waals surface area contributed by atoms with Crippen LogP contribution in [0.1, 0.15) is 34.4 Å². The monoisotopic (exact) mass is 473 g/mol. The number of anilines is 2. The number of nitrogens with zero attached hydrogens (tertiary/aromatic N) is 5. The molecule has 9 heteroatoms. The molecule has 0 bridgehead atoms. The lowest BCUT2D eigenvalue weighted by Crippen LogP contribution is -2.47. The van der Waals surface area contributed by atoms with Crippen molar-refractivity contribution < 1.29 is 13.2 Å². The molecule has 0 unspecified atom stereocenters. The summed E-state index contributed by atoms with van der Waals surface area (Å²) in [6.07, 6.45) is 0.256. The first kappa shape index (κ1) is 21.9. The Kier molecular flexibility index (Phi) is 5.86. The molecule has 1 aliphatic heterocycles. The van der Waals surface area contributed by atoms with Crippen molar-refractivity contribution in [2.75, 3.05) is 36.0 Å². The van der Waals surface area contributed by atoms with Gasteiger partial charge in [-0.1, -0.05) is 29.8 Å². The lowest BCUT2D eigenvalue weighted by molar-refractivity contribution is -0.137. The summed E-state index contributed by atoms with van der Waals surface area (Å²) in [5.41, 5.74) is 3.87. The van der Waals surface area contributed by atoms with Crippen molar-refractivity contribution in [1.29, 1.82) is 0 Å². The Labute approximate surface area is 195 Å². The first-order valence-electron chi connectivity index (χ1n) is 11.0. The third-order valence-corrected chi connectivity index (χ3v) is 6.76. The Bertz CT molecular complexity index is 1140. The largest absolute Gasteiger partial charge is 0.417 e. The van der Waals surface area contributed by atoms with Gasteiger partial charge in [0.05, 0.1) is 11.3 Å². The van der Waals surface area contributed by atoms with Crippen LogP contribution in [-0.4, -0.2) is 41.4 Å². The highest BCUT2D eigenvalue weighted by atomic mass is 35.5. The lowest BCUT2D eigenvalue weighted by atomic mass is 10.0. The zero-order valence-corrected chi connectivity index (χ0v) is 18.7. The molecule has 2 aromatic heterocycles. The smallest absolute Gasteiger partial charge is 0.353 e. The number of rotatable bonds is 4. The number of pyridine rings is 1. The summed E-state index contributed by atoms with van der Waals surface area (Å²) in [5.74, 6) is 1.50. The van der Waals surface area contributed by atoms with Crippen molar-refractivity contribution >= 4 is 23.2 Å². The summed E-state index contributed by atoms with van der Waals surface area (Å²) in [6.45, 7) is 2.76. The van der Waals surface area contributed by atoms with Crippen molar-refractivity contribution in [1.82, 2.24) is 15.2 Å². The SMILES string of the molecule is FC(F)(F)c1ccc(N2CCN(c3nnc(Cc4ccccc4Cl)c4c3CCC4)CC2)nc1. The summed E-state index contributed by atoms with van der Waals surface area (Å²) in [6, 6.07) is 10.3. The van der Waals surface area contributed by atoms with Gasteiger partial charge in [-0.3, -0.25) is 0 Å². The maximum atomic E-state index is 12.8. The van der Waals surface area contributed by atoms with Crippen molar-refractivity contribution in [3.05, 3.63) is 75.6 Å². The molecule has 0 saturated carbocycles. The highest BCUT2D eigenvalue weighted by molar-refractivity contribution is 6.31. The van der Waals surface area contributed by atoms with Crippen molar-refractivity contribution in [2.24, 2.45) is 0 Å². The predicted octanol–water partition coefficient (Wildman–Crippen LogP) is 4.95. The van der Waals surface area contributed by atoms with Gasteiger partial charge < -0.3 is 9.80 Å². The summed E-state index contributed by atoms with van der Waals surface area (Å²) in [7, 11) is 0. The van der Waals surface area contributed by atoms with Gasteiger partial charge in [-0.15, -0.1) is 5.10 Å². The van der Waals surface area contributed by atoms with Gasteiger partial charge in [-0.2, -0.15) is 18.3 Å². The molecule has 33 heavy (non-hydrogen) atoms. The third-order valence-electron chi connectivity index (χ3n) is 6.40. The van der Waals surface area contributed by atoms with Gasteiger partial charge in [0, 0.05) is 49.4 Å². The topological polar surface area (TPSA) is 45.2 Å². The maximum absolute atomic E-state index is 12.8. The van der Waals surface area contributed by atoms with E-state index in [0.717, 1.165) is 53.6 Å². The fourth-order valence-electron chi connectivity index (χ4n) is 4.64. The minimum Gasteiger partial charge on any atom is -0.353 e. The number of aromatic nitrogens is 3. The van der Waals surface area contributed by atoms with Crippen LogP contribution in [0.2, 0.25) is 5.02 Å². The molecule has 0 N–H and O–H groups in total. The molecule has 172 valence electrons. The molecule has 2 aliphatic rings. The normalized spacial score (nSPS) is 16.2. The zero-order chi connectivity index (χ0) is 23.0. The molecule has 0 radical (unpaired) electrons. The van der Waals surface area contributed by atoms with E-state index < -0.39 is 11.7 Å². The van der Waals surface area contributed by atoms with Crippen LogP contribution in [0.25, 0.3) is 0 Å². The highest BCUT2D eigenvalue weighted by Gasteiger charge is 2.31. The Hall–Kier alpha value is -2.87. The van der Waals surface area contributed by atoms with Gasteiger partial charge in [0.2, 0.25) is 0 Å². The van der Waals surface area contributed by atoms with Crippen LogP contribution in [0.3, 0.4) is 0 Å².